The molecule has 1 saturated carbocycles. The Balaban J connectivity index is 0.000000561. The number of nitrogens with one attached hydrogen (secondary N) is 3. The van der Waals surface area contributed by atoms with Gasteiger partial charge in [0.1, 0.15) is 18.6 Å². The van der Waals surface area contributed by atoms with Crippen molar-refractivity contribution in [1.29, 1.82) is 0 Å². The molecule has 40 heavy (non-hydrogen) atoms. The molecule has 1 aliphatic rings. The molecule has 10 heteroatoms. The second-order valence-electron chi connectivity index (χ2n) is 9.06. The number of alkyl halides is 3. The number of ether oxygens (including phenoxy) is 1. The van der Waals surface area contributed by atoms with Crippen LogP contribution in [0.2, 0.25) is 0 Å². The van der Waals surface area contributed by atoms with Gasteiger partial charge >= 0.3 is 35.7 Å². The average molecular weight is 567 g/mol. The second-order valence-corrected chi connectivity index (χ2v) is 9.06. The van der Waals surface area contributed by atoms with E-state index in [1.807, 2.05) is 14.1 Å². The summed E-state index contributed by atoms with van der Waals surface area (Å²) in [7, 11) is 7.29. The van der Waals surface area contributed by atoms with E-state index in [0.29, 0.717) is 34.2 Å². The Morgan fingerprint density at radius 2 is 1.82 bits per heavy atom. The first-order valence-electron chi connectivity index (χ1n) is 12.9. The van der Waals surface area contributed by atoms with Gasteiger partial charge in [0, 0.05) is 17.3 Å². The summed E-state index contributed by atoms with van der Waals surface area (Å²) in [5, 5.41) is 9.67. The fourth-order valence-electron chi connectivity index (χ4n) is 4.18. The van der Waals surface area contributed by atoms with Gasteiger partial charge in [0.05, 0.1) is 19.3 Å². The van der Waals surface area contributed by atoms with Gasteiger partial charge in [0.15, 0.2) is 0 Å². The summed E-state index contributed by atoms with van der Waals surface area (Å²) in [5.74, 6) is 6.10. The number of aldehydes is 1. The van der Waals surface area contributed by atoms with E-state index in [-0.39, 0.29) is 41.8 Å². The topological polar surface area (TPSA) is 67.3 Å². The maximum atomic E-state index is 13.0. The van der Waals surface area contributed by atoms with Crippen molar-refractivity contribution in [2.75, 3.05) is 40.1 Å². The molecule has 0 spiro atoms. The summed E-state index contributed by atoms with van der Waals surface area (Å²) in [6.45, 7) is -0.930. The molecule has 0 amide bonds. The molecule has 2 aromatic carbocycles. The molecule has 6 nitrogen and oxygen atoms in total. The molecule has 3 N–H and O–H groups in total. The summed E-state index contributed by atoms with van der Waals surface area (Å²) >= 11 is 0. The molecule has 1 aromatic heterocycles. The Kier molecular flexibility index (Phi) is 16.7. The van der Waals surface area contributed by atoms with E-state index >= 15 is 0 Å². The number of anilines is 1. The van der Waals surface area contributed by atoms with Gasteiger partial charge in [-0.3, -0.25) is 4.79 Å². The standard InChI is InChI=1S/C21H16F3N2O2.C7H15N.C2H7N.Na/c1-28-20-11-15(13-27)8-9-18(20)25-10-4-6-17-12-16-5-2-3-7-19(16)26(17)14-21(22,23)24;1-8-7-5-3-2-4-6-7;1-3-2;/h2-3,7-9,11-13,25H,10,14H2,1H3;7-8H,2-6H2,1H3;3H,1-2H3;/q-1;;;+1. The zero-order chi connectivity index (χ0) is 28.7. The minimum absolute atomic E-state index is 0. The molecule has 0 radical (unpaired) electrons. The van der Waals surface area contributed by atoms with E-state index in [0.717, 1.165) is 10.6 Å². The SMILES string of the molecule is CNC.CNC1CCCCC1.COc1cc(C=O)ccc1NCC#Cc1cc2[c-]cccc2n1CC(F)(F)F.[Na+]. The Morgan fingerprint density at radius 1 is 1.12 bits per heavy atom. The van der Waals surface area contributed by atoms with Crippen LogP contribution in [0.3, 0.4) is 0 Å². The van der Waals surface area contributed by atoms with Crippen molar-refractivity contribution in [2.45, 2.75) is 50.9 Å². The second kappa shape index (κ2) is 18.8. The Hall–Kier alpha value is -2.48. The summed E-state index contributed by atoms with van der Waals surface area (Å²) < 4.78 is 45.2. The number of benzene rings is 2. The number of fused-ring (bicyclic) bond motifs is 1. The predicted molar refractivity (Wildman–Crippen MR) is 151 cm³/mol. The minimum Gasteiger partial charge on any atom is -0.495 e. The van der Waals surface area contributed by atoms with E-state index in [2.05, 4.69) is 40.9 Å². The number of carbonyl (C=O) groups is 1. The van der Waals surface area contributed by atoms with Gasteiger partial charge in [-0.25, -0.2) is 0 Å². The number of rotatable bonds is 6. The number of aromatic nitrogens is 1. The zero-order valence-electron chi connectivity index (χ0n) is 24.0. The minimum atomic E-state index is -4.36. The van der Waals surface area contributed by atoms with Gasteiger partial charge < -0.3 is 25.3 Å². The molecule has 1 heterocycles. The summed E-state index contributed by atoms with van der Waals surface area (Å²) in [5.41, 5.74) is 1.80. The molecule has 0 aliphatic heterocycles. The summed E-state index contributed by atoms with van der Waals surface area (Å²) in [6.07, 6.45) is 3.48. The van der Waals surface area contributed by atoms with Gasteiger partial charge in [-0.15, -0.1) is 35.7 Å². The van der Waals surface area contributed by atoms with Gasteiger partial charge in [-0.05, 0) is 57.7 Å². The third kappa shape index (κ3) is 11.9. The molecule has 0 atom stereocenters. The van der Waals surface area contributed by atoms with E-state index in [9.17, 15) is 18.0 Å². The molecule has 1 fully saturated rings. The van der Waals surface area contributed by atoms with Gasteiger partial charge in [-0.2, -0.15) is 13.2 Å². The third-order valence-corrected chi connectivity index (χ3v) is 6.02. The van der Waals surface area contributed by atoms with Crippen molar-refractivity contribution in [1.82, 2.24) is 15.2 Å². The van der Waals surface area contributed by atoms with Gasteiger partial charge in [-0.1, -0.05) is 31.1 Å². The van der Waals surface area contributed by atoms with Crippen LogP contribution in [0.1, 0.15) is 48.2 Å². The molecule has 212 valence electrons. The summed E-state index contributed by atoms with van der Waals surface area (Å²) in [4.78, 5) is 10.8. The first kappa shape index (κ1) is 35.5. The maximum absolute atomic E-state index is 13.0. The molecule has 3 aromatic rings. The van der Waals surface area contributed by atoms with Crippen molar-refractivity contribution in [2.24, 2.45) is 0 Å². The van der Waals surface area contributed by atoms with E-state index in [1.54, 1.807) is 42.5 Å². The molecule has 0 saturated heterocycles. The van der Waals surface area contributed by atoms with Crippen LogP contribution in [-0.2, 0) is 6.54 Å². The Labute approximate surface area is 257 Å². The molecule has 0 unspecified atom stereocenters. The van der Waals surface area contributed by atoms with Gasteiger partial charge in [0.2, 0.25) is 0 Å². The number of carbonyl (C=O) groups excluding carboxylic acids is 1. The van der Waals surface area contributed by atoms with E-state index < -0.39 is 12.7 Å². The average Bonchev–Trinajstić information content (AvgIpc) is 3.28. The molecule has 0 bridgehead atoms. The van der Waals surface area contributed by atoms with Crippen LogP contribution in [0.15, 0.2) is 42.5 Å². The van der Waals surface area contributed by atoms with Gasteiger partial charge in [0.25, 0.3) is 0 Å². The Morgan fingerprint density at radius 3 is 2.40 bits per heavy atom. The number of nitrogens with zero attached hydrogens (tertiary/aromatic N) is 1. The molecular formula is C30H38F3N4NaO2. The quantitative estimate of drug-likeness (QED) is 0.185. The van der Waals surface area contributed by atoms with Crippen molar-refractivity contribution in [3.63, 3.8) is 0 Å². The molecule has 1 aliphatic carbocycles. The Bertz CT molecular complexity index is 1230. The van der Waals surface area contributed by atoms with Crippen molar-refractivity contribution in [3.8, 4) is 17.6 Å². The monoisotopic (exact) mass is 566 g/mol. The zero-order valence-corrected chi connectivity index (χ0v) is 26.0. The predicted octanol–water partition coefficient (Wildman–Crippen LogP) is 2.67. The van der Waals surface area contributed by atoms with Crippen LogP contribution in [0.5, 0.6) is 5.75 Å². The van der Waals surface area contributed by atoms with Crippen molar-refractivity contribution < 1.29 is 52.3 Å². The molecule has 4 rings (SSSR count). The van der Waals surface area contributed by atoms with E-state index in [4.69, 9.17) is 4.74 Å². The maximum Gasteiger partial charge on any atom is 1.00 e. The smallest absolute Gasteiger partial charge is 0.495 e. The fraction of sp³-hybridized carbons (Fsp3) is 0.433. The normalized spacial score (nSPS) is 12.9. The number of hydrogen-bond donors (Lipinski definition) is 3. The largest absolute Gasteiger partial charge is 1.00 e. The van der Waals surface area contributed by atoms with Crippen LogP contribution in [0, 0.1) is 17.9 Å². The number of methoxy groups -OCH3 is 1. The van der Waals surface area contributed by atoms with E-state index in [1.165, 1.54) is 39.2 Å². The van der Waals surface area contributed by atoms with Crippen LogP contribution in [0.25, 0.3) is 10.9 Å². The van der Waals surface area contributed by atoms with Crippen LogP contribution < -0.4 is 50.2 Å². The van der Waals surface area contributed by atoms with Crippen LogP contribution >= 0.6 is 0 Å². The first-order chi connectivity index (χ1) is 18.8. The van der Waals surface area contributed by atoms with Crippen LogP contribution in [-0.4, -0.2) is 57.9 Å². The summed E-state index contributed by atoms with van der Waals surface area (Å²) in [6, 6.07) is 15.1. The first-order valence-corrected chi connectivity index (χ1v) is 12.9. The number of hydrogen-bond acceptors (Lipinski definition) is 5. The fourth-order valence-corrected chi connectivity index (χ4v) is 4.18. The third-order valence-electron chi connectivity index (χ3n) is 6.02. The van der Waals surface area contributed by atoms with Crippen molar-refractivity contribution >= 4 is 22.9 Å². The number of halogens is 3. The molecular weight excluding hydrogens is 528 g/mol. The van der Waals surface area contributed by atoms with Crippen LogP contribution in [0.4, 0.5) is 18.9 Å². The van der Waals surface area contributed by atoms with Crippen molar-refractivity contribution in [3.05, 3.63) is 59.8 Å².